The smallest absolute Gasteiger partial charge is 0.330 e. The third-order valence-electron chi connectivity index (χ3n) is 3.43. The molecule has 0 heterocycles. The molecule has 4 nitrogen and oxygen atoms in total. The molecule has 0 spiro atoms. The summed E-state index contributed by atoms with van der Waals surface area (Å²) in [5, 5.41) is 0. The van der Waals surface area contributed by atoms with Gasteiger partial charge in [-0.15, -0.1) is 0 Å². The first-order valence-corrected chi connectivity index (χ1v) is 7.22. The largest absolute Gasteiger partial charge is 0.466 e. The topological polar surface area (TPSA) is 38.8 Å². The molecule has 22 heavy (non-hydrogen) atoms. The highest BCUT2D eigenvalue weighted by Gasteiger charge is 2.16. The summed E-state index contributed by atoms with van der Waals surface area (Å²) in [6, 6.07) is 8.32. The molecule has 0 bridgehead atoms. The Hall–Kier alpha value is -2.07. The Morgan fingerprint density at radius 1 is 1.14 bits per heavy atom. The van der Waals surface area contributed by atoms with Crippen molar-refractivity contribution in [3.63, 3.8) is 0 Å². The molecule has 120 valence electrons. The molecule has 0 amide bonds. The summed E-state index contributed by atoms with van der Waals surface area (Å²) in [5.41, 5.74) is 2.28. The fourth-order valence-corrected chi connectivity index (χ4v) is 2.16. The van der Waals surface area contributed by atoms with Crippen molar-refractivity contribution in [1.29, 1.82) is 0 Å². The molecular weight excluding hydrogens is 278 g/mol. The van der Waals surface area contributed by atoms with Crippen LogP contribution in [0.5, 0.6) is 0 Å². The van der Waals surface area contributed by atoms with Crippen LogP contribution < -0.4 is 4.90 Å². The Bertz CT molecular complexity index is 518. The summed E-state index contributed by atoms with van der Waals surface area (Å²) in [7, 11) is 7.10. The highest BCUT2D eigenvalue weighted by atomic mass is 16.5. The molecular formula is C18H25NO3. The van der Waals surface area contributed by atoms with Crippen LogP contribution >= 0.6 is 0 Å². The quantitative estimate of drug-likeness (QED) is 0.440. The number of ether oxygens (including phenoxy) is 2. The second-order valence-electron chi connectivity index (χ2n) is 5.27. The van der Waals surface area contributed by atoms with Crippen molar-refractivity contribution >= 4 is 11.7 Å². The molecule has 0 fully saturated rings. The van der Waals surface area contributed by atoms with Crippen LogP contribution in [0.25, 0.3) is 0 Å². The molecule has 0 N–H and O–H groups in total. The van der Waals surface area contributed by atoms with Gasteiger partial charge in [0.1, 0.15) is 0 Å². The van der Waals surface area contributed by atoms with Gasteiger partial charge in [0, 0.05) is 38.9 Å². The lowest BCUT2D eigenvalue weighted by Crippen LogP contribution is -2.11. The first-order valence-electron chi connectivity index (χ1n) is 7.22. The second kappa shape index (κ2) is 9.05. The van der Waals surface area contributed by atoms with Crippen molar-refractivity contribution < 1.29 is 14.3 Å². The highest BCUT2D eigenvalue weighted by molar-refractivity contribution is 5.82. The number of esters is 1. The minimum absolute atomic E-state index is 0.0287. The SMILES string of the molecule is COC(=O)/C=C/C=C/[C@@H](C)C(OC)c1ccc(N(C)C)cc1. The molecule has 0 aliphatic carbocycles. The van der Waals surface area contributed by atoms with Gasteiger partial charge in [0.25, 0.3) is 0 Å². The number of methoxy groups -OCH3 is 2. The van der Waals surface area contributed by atoms with Crippen LogP contribution in [0.4, 0.5) is 5.69 Å². The fourth-order valence-electron chi connectivity index (χ4n) is 2.16. The lowest BCUT2D eigenvalue weighted by molar-refractivity contribution is -0.134. The third kappa shape index (κ3) is 5.37. The number of carbonyl (C=O) groups excluding carboxylic acids is 1. The van der Waals surface area contributed by atoms with Crippen molar-refractivity contribution in [3.05, 3.63) is 54.1 Å². The van der Waals surface area contributed by atoms with Gasteiger partial charge in [-0.05, 0) is 17.7 Å². The van der Waals surface area contributed by atoms with Gasteiger partial charge in [0.2, 0.25) is 0 Å². The molecule has 1 aromatic carbocycles. The van der Waals surface area contributed by atoms with E-state index in [4.69, 9.17) is 4.74 Å². The first kappa shape index (κ1) is 18.0. The molecule has 0 saturated carbocycles. The van der Waals surface area contributed by atoms with Gasteiger partial charge in [0.05, 0.1) is 13.2 Å². The van der Waals surface area contributed by atoms with E-state index >= 15 is 0 Å². The van der Waals surface area contributed by atoms with Crippen LogP contribution in [-0.4, -0.2) is 34.3 Å². The average molecular weight is 303 g/mol. The maximum absolute atomic E-state index is 11.0. The van der Waals surface area contributed by atoms with Crippen LogP contribution in [0.15, 0.2) is 48.6 Å². The third-order valence-corrected chi connectivity index (χ3v) is 3.43. The number of rotatable bonds is 7. The molecule has 0 aromatic heterocycles. The second-order valence-corrected chi connectivity index (χ2v) is 5.27. The predicted molar refractivity (Wildman–Crippen MR) is 90.0 cm³/mol. The molecule has 1 rings (SSSR count). The van der Waals surface area contributed by atoms with Crippen molar-refractivity contribution in [2.45, 2.75) is 13.0 Å². The Morgan fingerprint density at radius 3 is 2.27 bits per heavy atom. The number of benzene rings is 1. The molecule has 1 unspecified atom stereocenters. The summed E-state index contributed by atoms with van der Waals surface area (Å²) < 4.78 is 10.2. The van der Waals surface area contributed by atoms with E-state index in [0.717, 1.165) is 11.3 Å². The van der Waals surface area contributed by atoms with Gasteiger partial charge in [0.15, 0.2) is 0 Å². The normalized spacial score (nSPS) is 14.2. The number of anilines is 1. The standard InChI is InChI=1S/C18H25NO3/c1-14(8-6-7-9-17(20)21-4)18(22-5)15-10-12-16(13-11-15)19(2)3/h6-14,18H,1-5H3/b8-6+,9-7+/t14-,18?/m1/s1. The van der Waals surface area contributed by atoms with Crippen LogP contribution in [-0.2, 0) is 14.3 Å². The van der Waals surface area contributed by atoms with Crippen LogP contribution in [0.3, 0.4) is 0 Å². The molecule has 2 atom stereocenters. The Morgan fingerprint density at radius 2 is 1.77 bits per heavy atom. The number of hydrogen-bond acceptors (Lipinski definition) is 4. The summed E-state index contributed by atoms with van der Waals surface area (Å²) >= 11 is 0. The fraction of sp³-hybridized carbons (Fsp3) is 0.389. The maximum Gasteiger partial charge on any atom is 0.330 e. The highest BCUT2D eigenvalue weighted by Crippen LogP contribution is 2.27. The molecule has 0 radical (unpaired) electrons. The lowest BCUT2D eigenvalue weighted by Gasteiger charge is -2.21. The summed E-state index contributed by atoms with van der Waals surface area (Å²) in [4.78, 5) is 13.0. The van der Waals surface area contributed by atoms with Gasteiger partial charge in [-0.1, -0.05) is 37.3 Å². The van der Waals surface area contributed by atoms with Gasteiger partial charge < -0.3 is 14.4 Å². The minimum atomic E-state index is -0.361. The van der Waals surface area contributed by atoms with E-state index in [-0.39, 0.29) is 18.0 Å². The van der Waals surface area contributed by atoms with Crippen molar-refractivity contribution in [2.75, 3.05) is 33.2 Å². The zero-order valence-electron chi connectivity index (χ0n) is 13.9. The zero-order chi connectivity index (χ0) is 16.5. The van der Waals surface area contributed by atoms with Gasteiger partial charge in [-0.3, -0.25) is 0 Å². The van der Waals surface area contributed by atoms with E-state index in [1.807, 2.05) is 26.2 Å². The van der Waals surface area contributed by atoms with Crippen molar-refractivity contribution in [2.24, 2.45) is 5.92 Å². The maximum atomic E-state index is 11.0. The van der Waals surface area contributed by atoms with E-state index in [0.29, 0.717) is 0 Å². The molecule has 4 heteroatoms. The number of nitrogens with zero attached hydrogens (tertiary/aromatic N) is 1. The summed E-state index contributed by atoms with van der Waals surface area (Å²) in [6.07, 6.45) is 6.87. The van der Waals surface area contributed by atoms with E-state index in [2.05, 4.69) is 40.8 Å². The van der Waals surface area contributed by atoms with E-state index in [1.165, 1.54) is 13.2 Å². The number of carbonyl (C=O) groups is 1. The summed E-state index contributed by atoms with van der Waals surface area (Å²) in [6.45, 7) is 2.08. The average Bonchev–Trinajstić information content (AvgIpc) is 2.52. The van der Waals surface area contributed by atoms with Gasteiger partial charge >= 0.3 is 5.97 Å². The predicted octanol–water partition coefficient (Wildman–Crippen LogP) is 3.36. The lowest BCUT2D eigenvalue weighted by atomic mass is 9.96. The van der Waals surface area contributed by atoms with E-state index < -0.39 is 0 Å². The Labute approximate surface area is 133 Å². The molecule has 0 saturated heterocycles. The van der Waals surface area contributed by atoms with E-state index in [9.17, 15) is 4.79 Å². The molecule has 0 aliphatic rings. The van der Waals surface area contributed by atoms with E-state index in [1.54, 1.807) is 13.2 Å². The minimum Gasteiger partial charge on any atom is -0.466 e. The Kier molecular flexibility index (Phi) is 7.40. The number of hydrogen-bond donors (Lipinski definition) is 0. The van der Waals surface area contributed by atoms with Gasteiger partial charge in [-0.2, -0.15) is 0 Å². The first-order chi connectivity index (χ1) is 10.5. The van der Waals surface area contributed by atoms with Crippen molar-refractivity contribution in [1.82, 2.24) is 0 Å². The molecule has 1 aromatic rings. The Balaban J connectivity index is 2.75. The van der Waals surface area contributed by atoms with Crippen LogP contribution in [0, 0.1) is 5.92 Å². The van der Waals surface area contributed by atoms with Gasteiger partial charge in [-0.25, -0.2) is 4.79 Å². The summed E-state index contributed by atoms with van der Waals surface area (Å²) in [5.74, 6) is -0.183. The number of allylic oxidation sites excluding steroid dienone is 2. The van der Waals surface area contributed by atoms with Crippen molar-refractivity contribution in [3.8, 4) is 0 Å². The van der Waals surface area contributed by atoms with Crippen LogP contribution in [0.2, 0.25) is 0 Å². The van der Waals surface area contributed by atoms with Crippen LogP contribution in [0.1, 0.15) is 18.6 Å². The zero-order valence-corrected chi connectivity index (χ0v) is 13.9. The molecule has 0 aliphatic heterocycles. The monoisotopic (exact) mass is 303 g/mol.